The van der Waals surface area contributed by atoms with Gasteiger partial charge in [-0.15, -0.1) is 0 Å². The average Bonchev–Trinajstić information content (AvgIpc) is 2.99. The predicted molar refractivity (Wildman–Crippen MR) is 92.5 cm³/mol. The quantitative estimate of drug-likeness (QED) is 0.903. The van der Waals surface area contributed by atoms with Crippen LogP contribution in [-0.4, -0.2) is 53.3 Å². The Hall–Kier alpha value is -1.20. The van der Waals surface area contributed by atoms with Gasteiger partial charge >= 0.3 is 0 Å². The topological polar surface area (TPSA) is 39.6 Å². The van der Waals surface area contributed by atoms with Crippen molar-refractivity contribution in [1.29, 1.82) is 0 Å². The summed E-state index contributed by atoms with van der Waals surface area (Å²) in [4.78, 5) is 8.76. The summed E-state index contributed by atoms with van der Waals surface area (Å²) in [6.45, 7) is 4.20. The zero-order valence-electron chi connectivity index (χ0n) is 14.3. The number of nitrogens with zero attached hydrogens (tertiary/aromatic N) is 3. The number of likely N-dealkylation sites (tertiary alicyclic amines) is 1. The summed E-state index contributed by atoms with van der Waals surface area (Å²) in [6.07, 6.45) is 10.7. The molecule has 2 aliphatic heterocycles. The van der Waals surface area contributed by atoms with Crippen molar-refractivity contribution < 1.29 is 9.50 Å². The Kier molecular flexibility index (Phi) is 4.48. The number of aromatic nitrogens is 1. The van der Waals surface area contributed by atoms with Crippen LogP contribution in [0.15, 0.2) is 18.5 Å². The maximum absolute atomic E-state index is 14.1. The fourth-order valence-electron chi connectivity index (χ4n) is 5.08. The summed E-state index contributed by atoms with van der Waals surface area (Å²) < 4.78 is 14.1. The molecule has 1 aromatic rings. The van der Waals surface area contributed by atoms with Gasteiger partial charge in [-0.2, -0.15) is 0 Å². The molecule has 1 saturated carbocycles. The molecule has 5 heteroatoms. The SMILES string of the molecule is OC1CCC(N2CC[C@]3(CCCN(c4ccncc4F)C3)C2)CC1. The smallest absolute Gasteiger partial charge is 0.164 e. The number of halogens is 1. The first kappa shape index (κ1) is 16.3. The second-order valence-corrected chi connectivity index (χ2v) is 8.04. The second-order valence-electron chi connectivity index (χ2n) is 8.04. The summed E-state index contributed by atoms with van der Waals surface area (Å²) in [5.41, 5.74) is 1.02. The van der Waals surface area contributed by atoms with Crippen molar-refractivity contribution in [3.8, 4) is 0 Å². The Morgan fingerprint density at radius 1 is 1.12 bits per heavy atom. The first-order valence-electron chi connectivity index (χ1n) is 9.42. The lowest BCUT2D eigenvalue weighted by Crippen LogP contribution is -2.46. The highest BCUT2D eigenvalue weighted by atomic mass is 19.1. The molecule has 0 bridgehead atoms. The monoisotopic (exact) mass is 333 g/mol. The van der Waals surface area contributed by atoms with E-state index in [1.165, 1.54) is 19.0 Å². The number of hydrogen-bond acceptors (Lipinski definition) is 4. The van der Waals surface area contributed by atoms with Crippen LogP contribution in [-0.2, 0) is 0 Å². The molecular weight excluding hydrogens is 305 g/mol. The summed E-state index contributed by atoms with van der Waals surface area (Å²) in [5.74, 6) is -0.203. The van der Waals surface area contributed by atoms with E-state index in [4.69, 9.17) is 0 Å². The van der Waals surface area contributed by atoms with Gasteiger partial charge in [0.05, 0.1) is 18.0 Å². The Labute approximate surface area is 143 Å². The zero-order chi connectivity index (χ0) is 16.6. The summed E-state index contributed by atoms with van der Waals surface area (Å²) in [5, 5.41) is 9.73. The standard InChI is InChI=1S/C19H28FN3O/c20-17-12-21-9-6-18(17)23-10-1-7-19(14-23)8-11-22(13-19)15-2-4-16(24)5-3-15/h6,9,12,15-16,24H,1-5,7-8,10-11,13-14H2/t15?,16?,19-/m1/s1. The van der Waals surface area contributed by atoms with Crippen LogP contribution in [0.3, 0.4) is 0 Å². The van der Waals surface area contributed by atoms with E-state index < -0.39 is 0 Å². The number of anilines is 1. The molecular formula is C19H28FN3O. The molecule has 3 aliphatic rings. The molecule has 1 spiro atoms. The van der Waals surface area contributed by atoms with Gasteiger partial charge in [-0.3, -0.25) is 9.88 Å². The third kappa shape index (κ3) is 3.16. The summed E-state index contributed by atoms with van der Waals surface area (Å²) in [7, 11) is 0. The van der Waals surface area contributed by atoms with Gasteiger partial charge in [0.1, 0.15) is 0 Å². The maximum Gasteiger partial charge on any atom is 0.164 e. The number of piperidine rings is 1. The van der Waals surface area contributed by atoms with E-state index in [9.17, 15) is 9.50 Å². The van der Waals surface area contributed by atoms with E-state index in [2.05, 4.69) is 14.8 Å². The van der Waals surface area contributed by atoms with E-state index >= 15 is 0 Å². The zero-order valence-corrected chi connectivity index (χ0v) is 14.3. The van der Waals surface area contributed by atoms with Crippen molar-refractivity contribution in [1.82, 2.24) is 9.88 Å². The van der Waals surface area contributed by atoms with Gasteiger partial charge < -0.3 is 10.0 Å². The fourth-order valence-corrected chi connectivity index (χ4v) is 5.08. The van der Waals surface area contributed by atoms with Crippen LogP contribution in [0, 0.1) is 11.2 Å². The van der Waals surface area contributed by atoms with Crippen molar-refractivity contribution >= 4 is 5.69 Å². The molecule has 1 atom stereocenters. The molecule has 1 aromatic heterocycles. The van der Waals surface area contributed by atoms with E-state index in [0.29, 0.717) is 17.1 Å². The third-order valence-corrected chi connectivity index (χ3v) is 6.40. The number of rotatable bonds is 2. The van der Waals surface area contributed by atoms with Gasteiger partial charge in [0, 0.05) is 37.3 Å². The number of aliphatic hydroxyl groups is 1. The molecule has 0 amide bonds. The van der Waals surface area contributed by atoms with Crippen LogP contribution >= 0.6 is 0 Å². The van der Waals surface area contributed by atoms with Crippen molar-refractivity contribution in [3.05, 3.63) is 24.3 Å². The summed E-state index contributed by atoms with van der Waals surface area (Å²) >= 11 is 0. The minimum absolute atomic E-state index is 0.0855. The minimum Gasteiger partial charge on any atom is -0.393 e. The molecule has 0 unspecified atom stereocenters. The van der Waals surface area contributed by atoms with E-state index in [1.807, 2.05) is 6.07 Å². The van der Waals surface area contributed by atoms with Crippen LogP contribution in [0.4, 0.5) is 10.1 Å². The molecule has 1 aliphatic carbocycles. The van der Waals surface area contributed by atoms with E-state index in [0.717, 1.165) is 58.3 Å². The molecule has 3 heterocycles. The van der Waals surface area contributed by atoms with Gasteiger partial charge in [-0.25, -0.2) is 4.39 Å². The van der Waals surface area contributed by atoms with Gasteiger partial charge in [-0.1, -0.05) is 0 Å². The molecule has 3 fully saturated rings. The highest BCUT2D eigenvalue weighted by Crippen LogP contribution is 2.42. The van der Waals surface area contributed by atoms with Gasteiger partial charge in [-0.05, 0) is 57.6 Å². The van der Waals surface area contributed by atoms with Crippen LogP contribution in [0.2, 0.25) is 0 Å². The molecule has 1 N–H and O–H groups in total. The Morgan fingerprint density at radius 3 is 2.75 bits per heavy atom. The number of pyridine rings is 1. The molecule has 132 valence electrons. The van der Waals surface area contributed by atoms with Gasteiger partial charge in [0.15, 0.2) is 5.82 Å². The number of hydrogen-bond donors (Lipinski definition) is 1. The largest absolute Gasteiger partial charge is 0.393 e. The van der Waals surface area contributed by atoms with Crippen LogP contribution in [0.5, 0.6) is 0 Å². The molecule has 0 aromatic carbocycles. The van der Waals surface area contributed by atoms with Crippen LogP contribution in [0.25, 0.3) is 0 Å². The first-order chi connectivity index (χ1) is 11.7. The lowest BCUT2D eigenvalue weighted by molar-refractivity contribution is 0.0770. The number of aliphatic hydroxyl groups excluding tert-OH is 1. The van der Waals surface area contributed by atoms with E-state index in [-0.39, 0.29) is 11.9 Å². The summed E-state index contributed by atoms with van der Waals surface area (Å²) in [6, 6.07) is 2.45. The lowest BCUT2D eigenvalue weighted by atomic mass is 9.79. The average molecular weight is 333 g/mol. The van der Waals surface area contributed by atoms with Crippen molar-refractivity contribution in [3.63, 3.8) is 0 Å². The molecule has 24 heavy (non-hydrogen) atoms. The van der Waals surface area contributed by atoms with E-state index in [1.54, 1.807) is 6.20 Å². The fraction of sp³-hybridized carbons (Fsp3) is 0.737. The normalized spacial score (nSPS) is 34.8. The maximum atomic E-state index is 14.1. The molecule has 4 nitrogen and oxygen atoms in total. The minimum atomic E-state index is -0.203. The van der Waals surface area contributed by atoms with Crippen LogP contribution < -0.4 is 4.90 Å². The predicted octanol–water partition coefficient (Wildman–Crippen LogP) is 2.82. The first-order valence-corrected chi connectivity index (χ1v) is 9.42. The highest BCUT2D eigenvalue weighted by molar-refractivity contribution is 5.47. The van der Waals surface area contributed by atoms with Crippen molar-refractivity contribution in [2.75, 3.05) is 31.1 Å². The van der Waals surface area contributed by atoms with Crippen LogP contribution in [0.1, 0.15) is 44.9 Å². The lowest BCUT2D eigenvalue weighted by Gasteiger charge is -2.42. The molecule has 4 rings (SSSR count). The van der Waals surface area contributed by atoms with Crippen molar-refractivity contribution in [2.45, 2.75) is 57.1 Å². The highest BCUT2D eigenvalue weighted by Gasteiger charge is 2.43. The third-order valence-electron chi connectivity index (χ3n) is 6.40. The Balaban J connectivity index is 1.43. The Bertz CT molecular complexity index is 575. The van der Waals surface area contributed by atoms with Crippen molar-refractivity contribution in [2.24, 2.45) is 5.41 Å². The Morgan fingerprint density at radius 2 is 1.96 bits per heavy atom. The van der Waals surface area contributed by atoms with Gasteiger partial charge in [0.25, 0.3) is 0 Å². The second kappa shape index (κ2) is 6.60. The molecule has 0 radical (unpaired) electrons. The molecule has 2 saturated heterocycles. The van der Waals surface area contributed by atoms with Gasteiger partial charge in [0.2, 0.25) is 0 Å².